The first-order valence-electron chi connectivity index (χ1n) is 6.90. The van der Waals surface area contributed by atoms with Crippen LogP contribution in [0.25, 0.3) is 0 Å². The average molecular weight is 261 g/mol. The minimum absolute atomic E-state index is 0.0613. The molecule has 2 N–H and O–H groups in total. The molecule has 4 heteroatoms. The summed E-state index contributed by atoms with van der Waals surface area (Å²) < 4.78 is 5.34. The van der Waals surface area contributed by atoms with Crippen molar-refractivity contribution in [1.82, 2.24) is 5.32 Å². The minimum atomic E-state index is -0.256. The molecule has 19 heavy (non-hydrogen) atoms. The van der Waals surface area contributed by atoms with Crippen molar-refractivity contribution in [3.63, 3.8) is 0 Å². The minimum Gasteiger partial charge on any atom is -0.393 e. The van der Waals surface area contributed by atoms with Crippen LogP contribution in [-0.4, -0.2) is 23.7 Å². The summed E-state index contributed by atoms with van der Waals surface area (Å²) in [5.41, 5.74) is 2.95. The maximum Gasteiger partial charge on any atom is 0.251 e. The van der Waals surface area contributed by atoms with Gasteiger partial charge in [-0.3, -0.25) is 4.79 Å². The average Bonchev–Trinajstić information content (AvgIpc) is 3.03. The summed E-state index contributed by atoms with van der Waals surface area (Å²) >= 11 is 0. The normalized spacial score (nSPS) is 25.3. The molecule has 0 radical (unpaired) electrons. The molecule has 102 valence electrons. The molecule has 1 aliphatic heterocycles. The van der Waals surface area contributed by atoms with Gasteiger partial charge in [0.15, 0.2) is 0 Å². The number of ether oxygens (including phenoxy) is 1. The van der Waals surface area contributed by atoms with Gasteiger partial charge in [0.2, 0.25) is 0 Å². The SMILES string of the molecule is O=C(NCC1CCCC1O)c1ccc2c(c1)COC2. The highest BCUT2D eigenvalue weighted by molar-refractivity contribution is 5.94. The van der Waals surface area contributed by atoms with Gasteiger partial charge in [-0.05, 0) is 36.1 Å². The maximum absolute atomic E-state index is 12.1. The molecular formula is C15H19NO3. The van der Waals surface area contributed by atoms with E-state index in [1.165, 1.54) is 5.56 Å². The zero-order chi connectivity index (χ0) is 13.2. The molecule has 1 saturated carbocycles. The van der Waals surface area contributed by atoms with Crippen molar-refractivity contribution in [3.05, 3.63) is 34.9 Å². The smallest absolute Gasteiger partial charge is 0.251 e. The van der Waals surface area contributed by atoms with Gasteiger partial charge in [-0.2, -0.15) is 0 Å². The molecule has 2 atom stereocenters. The van der Waals surface area contributed by atoms with Crippen molar-refractivity contribution in [2.24, 2.45) is 5.92 Å². The Morgan fingerprint density at radius 3 is 2.95 bits per heavy atom. The third-order valence-corrected chi connectivity index (χ3v) is 4.13. The van der Waals surface area contributed by atoms with Crippen LogP contribution in [0.3, 0.4) is 0 Å². The fraction of sp³-hybridized carbons (Fsp3) is 0.533. The van der Waals surface area contributed by atoms with Crippen molar-refractivity contribution in [2.45, 2.75) is 38.6 Å². The van der Waals surface area contributed by atoms with Gasteiger partial charge < -0.3 is 15.2 Å². The molecule has 3 rings (SSSR count). The molecular weight excluding hydrogens is 242 g/mol. The third kappa shape index (κ3) is 2.65. The third-order valence-electron chi connectivity index (χ3n) is 4.13. The molecule has 1 amide bonds. The predicted octanol–water partition coefficient (Wildman–Crippen LogP) is 1.61. The van der Waals surface area contributed by atoms with E-state index in [0.29, 0.717) is 25.3 Å². The van der Waals surface area contributed by atoms with Crippen molar-refractivity contribution in [3.8, 4) is 0 Å². The van der Waals surface area contributed by atoms with E-state index >= 15 is 0 Å². The molecule has 2 aliphatic rings. The number of carbonyl (C=O) groups is 1. The van der Waals surface area contributed by atoms with Crippen molar-refractivity contribution < 1.29 is 14.6 Å². The summed E-state index contributed by atoms with van der Waals surface area (Å²) in [6, 6.07) is 5.71. The Bertz CT molecular complexity index is 486. The lowest BCUT2D eigenvalue weighted by Gasteiger charge is -2.15. The van der Waals surface area contributed by atoms with Gasteiger partial charge in [0.1, 0.15) is 0 Å². The lowest BCUT2D eigenvalue weighted by Crippen LogP contribution is -2.32. The van der Waals surface area contributed by atoms with E-state index in [0.717, 1.165) is 24.8 Å². The quantitative estimate of drug-likeness (QED) is 0.869. The molecule has 0 aromatic heterocycles. The number of aliphatic hydroxyl groups excluding tert-OH is 1. The molecule has 1 aliphatic carbocycles. The fourth-order valence-corrected chi connectivity index (χ4v) is 2.89. The van der Waals surface area contributed by atoms with Gasteiger partial charge in [-0.1, -0.05) is 12.5 Å². The number of nitrogens with one attached hydrogen (secondary N) is 1. The van der Waals surface area contributed by atoms with Crippen LogP contribution in [0.5, 0.6) is 0 Å². The number of rotatable bonds is 3. The van der Waals surface area contributed by atoms with E-state index in [-0.39, 0.29) is 17.9 Å². The summed E-state index contributed by atoms with van der Waals surface area (Å²) in [5, 5.41) is 12.7. The van der Waals surface area contributed by atoms with Gasteiger partial charge in [-0.15, -0.1) is 0 Å². The standard InChI is InChI=1S/C15H19NO3/c17-14-3-1-2-11(14)7-16-15(18)10-4-5-12-8-19-9-13(12)6-10/h4-6,11,14,17H,1-3,7-9H2,(H,16,18). The van der Waals surface area contributed by atoms with Crippen LogP contribution in [0, 0.1) is 5.92 Å². The van der Waals surface area contributed by atoms with E-state index in [1.807, 2.05) is 18.2 Å². The highest BCUT2D eigenvalue weighted by Crippen LogP contribution is 2.25. The van der Waals surface area contributed by atoms with Gasteiger partial charge in [0.05, 0.1) is 19.3 Å². The molecule has 0 saturated heterocycles. The lowest BCUT2D eigenvalue weighted by molar-refractivity contribution is 0.0916. The highest BCUT2D eigenvalue weighted by atomic mass is 16.5. The van der Waals surface area contributed by atoms with E-state index in [1.54, 1.807) is 0 Å². The van der Waals surface area contributed by atoms with Crippen LogP contribution in [0.4, 0.5) is 0 Å². The summed E-state index contributed by atoms with van der Waals surface area (Å²) in [6.07, 6.45) is 2.65. The first kappa shape index (κ1) is 12.6. The Kier molecular flexibility index (Phi) is 3.53. The Morgan fingerprint density at radius 1 is 1.32 bits per heavy atom. The first-order valence-corrected chi connectivity index (χ1v) is 6.90. The second-order valence-corrected chi connectivity index (χ2v) is 5.44. The predicted molar refractivity (Wildman–Crippen MR) is 70.6 cm³/mol. The van der Waals surface area contributed by atoms with Crippen LogP contribution in [0.15, 0.2) is 18.2 Å². The molecule has 2 unspecified atom stereocenters. The largest absolute Gasteiger partial charge is 0.393 e. The molecule has 1 aromatic rings. The number of hydrogen-bond donors (Lipinski definition) is 2. The van der Waals surface area contributed by atoms with Crippen LogP contribution in [0.1, 0.15) is 40.7 Å². The number of fused-ring (bicyclic) bond motifs is 1. The number of aliphatic hydroxyl groups is 1. The van der Waals surface area contributed by atoms with Crippen LogP contribution < -0.4 is 5.32 Å². The zero-order valence-corrected chi connectivity index (χ0v) is 10.9. The molecule has 1 fully saturated rings. The second kappa shape index (κ2) is 5.31. The van der Waals surface area contributed by atoms with Gasteiger partial charge in [-0.25, -0.2) is 0 Å². The van der Waals surface area contributed by atoms with E-state index < -0.39 is 0 Å². The van der Waals surface area contributed by atoms with E-state index in [2.05, 4.69) is 5.32 Å². The van der Waals surface area contributed by atoms with Gasteiger partial charge in [0.25, 0.3) is 5.91 Å². The molecule has 4 nitrogen and oxygen atoms in total. The molecule has 0 spiro atoms. The van der Waals surface area contributed by atoms with E-state index in [4.69, 9.17) is 4.74 Å². The van der Waals surface area contributed by atoms with Crippen LogP contribution in [-0.2, 0) is 18.0 Å². The van der Waals surface area contributed by atoms with Crippen molar-refractivity contribution in [1.29, 1.82) is 0 Å². The number of benzene rings is 1. The molecule has 0 bridgehead atoms. The zero-order valence-electron chi connectivity index (χ0n) is 10.9. The van der Waals surface area contributed by atoms with Crippen LogP contribution >= 0.6 is 0 Å². The van der Waals surface area contributed by atoms with Crippen LogP contribution in [0.2, 0.25) is 0 Å². The van der Waals surface area contributed by atoms with Crippen molar-refractivity contribution >= 4 is 5.91 Å². The Morgan fingerprint density at radius 2 is 2.16 bits per heavy atom. The summed E-state index contributed by atoms with van der Waals surface area (Å²) in [5.74, 6) is 0.149. The van der Waals surface area contributed by atoms with E-state index in [9.17, 15) is 9.90 Å². The van der Waals surface area contributed by atoms with Gasteiger partial charge >= 0.3 is 0 Å². The number of amides is 1. The van der Waals surface area contributed by atoms with Gasteiger partial charge in [0, 0.05) is 18.0 Å². The summed E-state index contributed by atoms with van der Waals surface area (Å²) in [4.78, 5) is 12.1. The second-order valence-electron chi connectivity index (χ2n) is 5.44. The Balaban J connectivity index is 1.61. The first-order chi connectivity index (χ1) is 9.24. The monoisotopic (exact) mass is 261 g/mol. The lowest BCUT2D eigenvalue weighted by atomic mass is 10.0. The Labute approximate surface area is 112 Å². The molecule has 1 aromatic carbocycles. The summed E-state index contributed by atoms with van der Waals surface area (Å²) in [6.45, 7) is 1.80. The number of carbonyl (C=O) groups excluding carboxylic acids is 1. The van der Waals surface area contributed by atoms with Crippen molar-refractivity contribution in [2.75, 3.05) is 6.54 Å². The fourth-order valence-electron chi connectivity index (χ4n) is 2.89. The topological polar surface area (TPSA) is 58.6 Å². The summed E-state index contributed by atoms with van der Waals surface area (Å²) in [7, 11) is 0. The molecule has 1 heterocycles. The number of hydrogen-bond acceptors (Lipinski definition) is 3. The highest BCUT2D eigenvalue weighted by Gasteiger charge is 2.25. The Hall–Kier alpha value is -1.39. The maximum atomic E-state index is 12.1.